The smallest absolute Gasteiger partial charge is 0.255 e. The van der Waals surface area contributed by atoms with Gasteiger partial charge in [0.15, 0.2) is 0 Å². The molecule has 3 amide bonds. The van der Waals surface area contributed by atoms with Crippen LogP contribution >= 0.6 is 0 Å². The molecular formula is C23H33N5O3. The van der Waals surface area contributed by atoms with Crippen molar-refractivity contribution in [2.75, 3.05) is 44.6 Å². The Hall–Kier alpha value is -2.61. The molecule has 31 heavy (non-hydrogen) atoms. The third kappa shape index (κ3) is 4.26. The molecule has 0 unspecified atom stereocenters. The number of hydrogen-bond acceptors (Lipinski definition) is 5. The fraction of sp³-hybridized carbons (Fsp3) is 0.609. The topological polar surface area (TPSA) is 85.0 Å². The molecule has 4 rings (SSSR count). The maximum Gasteiger partial charge on any atom is 0.255 e. The van der Waals surface area contributed by atoms with Crippen molar-refractivity contribution in [1.82, 2.24) is 20.0 Å². The molecule has 3 aliphatic heterocycles. The highest BCUT2D eigenvalue weighted by Gasteiger charge is 2.42. The van der Waals surface area contributed by atoms with Crippen molar-refractivity contribution in [2.45, 2.75) is 51.7 Å². The fourth-order valence-corrected chi connectivity index (χ4v) is 4.90. The van der Waals surface area contributed by atoms with Gasteiger partial charge in [0.1, 0.15) is 11.7 Å². The van der Waals surface area contributed by atoms with E-state index in [4.69, 9.17) is 0 Å². The molecule has 3 heterocycles. The highest BCUT2D eigenvalue weighted by atomic mass is 16.2. The number of carbonyl (C=O) groups excluding carboxylic acids is 3. The van der Waals surface area contributed by atoms with E-state index in [0.717, 1.165) is 30.9 Å². The maximum absolute atomic E-state index is 13.1. The van der Waals surface area contributed by atoms with Gasteiger partial charge in [0, 0.05) is 51.3 Å². The molecule has 1 aromatic rings. The summed E-state index contributed by atoms with van der Waals surface area (Å²) in [5.74, 6) is -0.134. The van der Waals surface area contributed by atoms with Crippen LogP contribution in [0.15, 0.2) is 18.2 Å². The van der Waals surface area contributed by atoms with Crippen LogP contribution in [-0.4, -0.2) is 83.4 Å². The van der Waals surface area contributed by atoms with Crippen molar-refractivity contribution in [1.29, 1.82) is 0 Å². The number of piperazine rings is 1. The molecule has 3 aliphatic rings. The largest absolute Gasteiger partial charge is 0.362 e. The van der Waals surface area contributed by atoms with E-state index >= 15 is 0 Å². The molecule has 8 heteroatoms. The molecule has 2 atom stereocenters. The minimum absolute atomic E-state index is 0.0154. The second-order valence-corrected chi connectivity index (χ2v) is 8.98. The lowest BCUT2D eigenvalue weighted by atomic mass is 9.94. The Morgan fingerprint density at radius 2 is 1.84 bits per heavy atom. The van der Waals surface area contributed by atoms with Gasteiger partial charge in [-0.05, 0) is 44.5 Å². The van der Waals surface area contributed by atoms with E-state index in [0.29, 0.717) is 38.0 Å². The van der Waals surface area contributed by atoms with Crippen molar-refractivity contribution in [2.24, 2.45) is 0 Å². The lowest BCUT2D eigenvalue weighted by Gasteiger charge is -2.40. The number of anilines is 1. The summed E-state index contributed by atoms with van der Waals surface area (Å²) < 4.78 is 0. The third-order valence-corrected chi connectivity index (χ3v) is 6.97. The molecule has 2 saturated heterocycles. The highest BCUT2D eigenvalue weighted by Crippen LogP contribution is 2.32. The summed E-state index contributed by atoms with van der Waals surface area (Å²) >= 11 is 0. The molecule has 168 valence electrons. The first-order chi connectivity index (χ1) is 14.8. The average molecular weight is 428 g/mol. The number of rotatable bonds is 3. The standard InChI is InChI=1S/C23H33N5O3/c1-4-26-11-13-27(14-12-26)22(31)17(3)28-10-9-23(8-7-20(28)29)24-19-15-16(2)5-6-18(19)21(30)25-23/h5-6,15,17,24H,4,7-14H2,1-3H3,(H,25,30)/t17-,23-/m0/s1. The summed E-state index contributed by atoms with van der Waals surface area (Å²) in [5, 5.41) is 6.60. The first kappa shape index (κ1) is 21.6. The van der Waals surface area contributed by atoms with Gasteiger partial charge in [0.25, 0.3) is 5.91 Å². The molecule has 0 aromatic heterocycles. The first-order valence-electron chi connectivity index (χ1n) is 11.3. The van der Waals surface area contributed by atoms with E-state index in [2.05, 4.69) is 22.5 Å². The van der Waals surface area contributed by atoms with Crippen molar-refractivity contribution >= 4 is 23.4 Å². The predicted molar refractivity (Wildman–Crippen MR) is 119 cm³/mol. The van der Waals surface area contributed by atoms with Crippen LogP contribution in [0.4, 0.5) is 5.69 Å². The van der Waals surface area contributed by atoms with E-state index in [1.165, 1.54) is 0 Å². The zero-order valence-electron chi connectivity index (χ0n) is 18.7. The van der Waals surface area contributed by atoms with Crippen LogP contribution in [0.5, 0.6) is 0 Å². The summed E-state index contributed by atoms with van der Waals surface area (Å²) in [4.78, 5) is 44.7. The van der Waals surface area contributed by atoms with E-state index in [1.54, 1.807) is 4.90 Å². The average Bonchev–Trinajstić information content (AvgIpc) is 2.91. The minimum atomic E-state index is -0.669. The summed E-state index contributed by atoms with van der Waals surface area (Å²) in [6, 6.07) is 5.23. The number of nitrogens with one attached hydrogen (secondary N) is 2. The van der Waals surface area contributed by atoms with Crippen molar-refractivity contribution in [3.05, 3.63) is 29.3 Å². The Balaban J connectivity index is 1.45. The van der Waals surface area contributed by atoms with Gasteiger partial charge >= 0.3 is 0 Å². The summed E-state index contributed by atoms with van der Waals surface area (Å²) in [5.41, 5.74) is 1.84. The van der Waals surface area contributed by atoms with Crippen LogP contribution in [0.3, 0.4) is 0 Å². The number of hydrogen-bond donors (Lipinski definition) is 2. The third-order valence-electron chi connectivity index (χ3n) is 6.97. The number of benzene rings is 1. The number of likely N-dealkylation sites (tertiary alicyclic amines) is 1. The van der Waals surface area contributed by atoms with E-state index in [1.807, 2.05) is 36.9 Å². The highest BCUT2D eigenvalue weighted by molar-refractivity contribution is 6.02. The second kappa shape index (κ2) is 8.49. The van der Waals surface area contributed by atoms with Gasteiger partial charge in [-0.25, -0.2) is 0 Å². The molecule has 1 aromatic carbocycles. The lowest BCUT2D eigenvalue weighted by molar-refractivity contribution is -0.145. The Bertz CT molecular complexity index is 880. The first-order valence-corrected chi connectivity index (χ1v) is 11.3. The van der Waals surface area contributed by atoms with E-state index < -0.39 is 11.7 Å². The fourth-order valence-electron chi connectivity index (χ4n) is 4.90. The van der Waals surface area contributed by atoms with Crippen LogP contribution in [0, 0.1) is 6.92 Å². The van der Waals surface area contributed by atoms with Gasteiger partial charge in [-0.3, -0.25) is 14.4 Å². The molecule has 8 nitrogen and oxygen atoms in total. The van der Waals surface area contributed by atoms with Crippen LogP contribution < -0.4 is 10.6 Å². The number of fused-ring (bicyclic) bond motifs is 1. The number of likely N-dealkylation sites (N-methyl/N-ethyl adjacent to an activating group) is 1. The Morgan fingerprint density at radius 3 is 2.55 bits per heavy atom. The molecular weight excluding hydrogens is 394 g/mol. The molecule has 2 N–H and O–H groups in total. The van der Waals surface area contributed by atoms with Crippen LogP contribution in [0.2, 0.25) is 0 Å². The normalized spacial score (nSPS) is 25.5. The zero-order chi connectivity index (χ0) is 22.2. The second-order valence-electron chi connectivity index (χ2n) is 8.98. The summed E-state index contributed by atoms with van der Waals surface area (Å²) in [6.07, 6.45) is 1.34. The lowest BCUT2D eigenvalue weighted by Crippen LogP contribution is -2.58. The van der Waals surface area contributed by atoms with Gasteiger partial charge in [-0.15, -0.1) is 0 Å². The number of amides is 3. The Kier molecular flexibility index (Phi) is 5.92. The zero-order valence-corrected chi connectivity index (χ0v) is 18.7. The molecule has 1 spiro atoms. The quantitative estimate of drug-likeness (QED) is 0.762. The summed E-state index contributed by atoms with van der Waals surface area (Å²) in [7, 11) is 0. The molecule has 0 bridgehead atoms. The van der Waals surface area contributed by atoms with Gasteiger partial charge in [0.2, 0.25) is 11.8 Å². The maximum atomic E-state index is 13.1. The van der Waals surface area contributed by atoms with Crippen molar-refractivity contribution in [3.8, 4) is 0 Å². The van der Waals surface area contributed by atoms with Gasteiger partial charge in [-0.2, -0.15) is 0 Å². The Morgan fingerprint density at radius 1 is 1.10 bits per heavy atom. The predicted octanol–water partition coefficient (Wildman–Crippen LogP) is 1.41. The monoisotopic (exact) mass is 427 g/mol. The Labute approximate surface area is 183 Å². The molecule has 0 saturated carbocycles. The van der Waals surface area contributed by atoms with Gasteiger partial charge in [0.05, 0.1) is 5.56 Å². The van der Waals surface area contributed by atoms with Gasteiger partial charge in [-0.1, -0.05) is 13.0 Å². The SMILES string of the molecule is CCN1CCN(C(=O)[C@H](C)N2CC[C@]3(CCC2=O)NC(=O)c2ccc(C)cc2N3)CC1. The number of carbonyl (C=O) groups is 3. The van der Waals surface area contributed by atoms with Gasteiger partial charge < -0.3 is 25.3 Å². The number of aryl methyl sites for hydroxylation is 1. The molecule has 0 radical (unpaired) electrons. The van der Waals surface area contributed by atoms with Crippen LogP contribution in [0.1, 0.15) is 49.0 Å². The van der Waals surface area contributed by atoms with Crippen LogP contribution in [-0.2, 0) is 9.59 Å². The van der Waals surface area contributed by atoms with E-state index in [-0.39, 0.29) is 24.1 Å². The molecule has 2 fully saturated rings. The number of nitrogens with zero attached hydrogens (tertiary/aromatic N) is 3. The molecule has 0 aliphatic carbocycles. The van der Waals surface area contributed by atoms with E-state index in [9.17, 15) is 14.4 Å². The van der Waals surface area contributed by atoms with Crippen molar-refractivity contribution in [3.63, 3.8) is 0 Å². The van der Waals surface area contributed by atoms with Crippen LogP contribution in [0.25, 0.3) is 0 Å². The van der Waals surface area contributed by atoms with Crippen molar-refractivity contribution < 1.29 is 14.4 Å². The minimum Gasteiger partial charge on any atom is -0.362 e. The summed E-state index contributed by atoms with van der Waals surface area (Å²) in [6.45, 7) is 10.5.